The number of likely N-dealkylation sites (tertiary alicyclic amines) is 1. The fourth-order valence-electron chi connectivity index (χ4n) is 3.68. The van der Waals surface area contributed by atoms with Crippen molar-refractivity contribution in [1.29, 1.82) is 0 Å². The van der Waals surface area contributed by atoms with E-state index in [1.54, 1.807) is 18.8 Å². The number of hydrogen-bond donors (Lipinski definition) is 0. The molecule has 1 atom stereocenters. The predicted octanol–water partition coefficient (Wildman–Crippen LogP) is 1.50. The van der Waals surface area contributed by atoms with E-state index in [2.05, 4.69) is 10.1 Å². The molecule has 27 heavy (non-hydrogen) atoms. The van der Waals surface area contributed by atoms with E-state index < -0.39 is 0 Å². The molecule has 0 saturated carbocycles. The minimum atomic E-state index is -0.251. The Morgan fingerprint density at radius 3 is 3.04 bits per heavy atom. The Kier molecular flexibility index (Phi) is 4.39. The molecule has 0 radical (unpaired) electrons. The Morgan fingerprint density at radius 1 is 1.37 bits per heavy atom. The zero-order valence-electron chi connectivity index (χ0n) is 15.3. The van der Waals surface area contributed by atoms with E-state index >= 15 is 0 Å². The van der Waals surface area contributed by atoms with Crippen LogP contribution in [0.1, 0.15) is 24.4 Å². The first kappa shape index (κ1) is 17.3. The summed E-state index contributed by atoms with van der Waals surface area (Å²) in [5, 5.41) is 4.47. The quantitative estimate of drug-likeness (QED) is 0.698. The van der Waals surface area contributed by atoms with Crippen molar-refractivity contribution in [3.05, 3.63) is 52.7 Å². The highest BCUT2D eigenvalue weighted by Gasteiger charge is 2.30. The highest BCUT2D eigenvalue weighted by Crippen LogP contribution is 2.33. The Balaban J connectivity index is 1.58. The summed E-state index contributed by atoms with van der Waals surface area (Å²) < 4.78 is 8.20. The second-order valence-electron chi connectivity index (χ2n) is 6.70. The third-order valence-corrected chi connectivity index (χ3v) is 5.08. The van der Waals surface area contributed by atoms with Crippen molar-refractivity contribution in [3.8, 4) is 5.75 Å². The molecule has 3 heterocycles. The number of fused-ring (bicyclic) bond motifs is 1. The highest BCUT2D eigenvalue weighted by atomic mass is 16.5. The van der Waals surface area contributed by atoms with Gasteiger partial charge in [-0.15, -0.1) is 0 Å². The first-order chi connectivity index (χ1) is 13.1. The average Bonchev–Trinajstić information content (AvgIpc) is 3.31. The topological polar surface area (TPSA) is 82.2 Å². The second kappa shape index (κ2) is 6.86. The molecule has 3 aromatic rings. The molecule has 1 fully saturated rings. The number of aryl methyl sites for hydroxylation is 1. The first-order valence-electron chi connectivity index (χ1n) is 8.89. The van der Waals surface area contributed by atoms with Crippen LogP contribution in [-0.2, 0) is 18.4 Å². The predicted molar refractivity (Wildman–Crippen MR) is 99.5 cm³/mol. The molecule has 1 saturated heterocycles. The Labute approximate surface area is 156 Å². The number of ether oxygens (including phenoxy) is 1. The molecule has 4 rings (SSSR count). The number of carbonyl (C=O) groups excluding carboxylic acids is 1. The molecule has 8 nitrogen and oxygen atoms in total. The Hall–Kier alpha value is -3.16. The lowest BCUT2D eigenvalue weighted by atomic mass is 10.0. The standard InChI is InChI=1S/C19H21N5O3/c1-22-18-15(10-21-22)19(26)23(12-20-18)11-17(25)24-8-4-7-16(24)13-5-3-6-14(9-13)27-2/h3,5-6,9-10,12,16H,4,7-8,11H2,1-2H3. The van der Waals surface area contributed by atoms with Crippen molar-refractivity contribution in [1.82, 2.24) is 24.2 Å². The third-order valence-electron chi connectivity index (χ3n) is 5.08. The summed E-state index contributed by atoms with van der Waals surface area (Å²) in [6.45, 7) is 0.648. The maximum atomic E-state index is 12.9. The largest absolute Gasteiger partial charge is 0.497 e. The SMILES string of the molecule is COc1cccc(C2CCCN2C(=O)Cn2cnc3c(cnn3C)c2=O)c1. The van der Waals surface area contributed by atoms with Crippen molar-refractivity contribution in [2.24, 2.45) is 7.05 Å². The maximum absolute atomic E-state index is 12.9. The van der Waals surface area contributed by atoms with Gasteiger partial charge in [0, 0.05) is 13.6 Å². The van der Waals surface area contributed by atoms with Crippen LogP contribution in [0.15, 0.2) is 41.6 Å². The Bertz CT molecular complexity index is 1050. The molecule has 1 aliphatic heterocycles. The number of benzene rings is 1. The highest BCUT2D eigenvalue weighted by molar-refractivity contribution is 5.78. The van der Waals surface area contributed by atoms with E-state index in [9.17, 15) is 9.59 Å². The lowest BCUT2D eigenvalue weighted by Crippen LogP contribution is -2.36. The summed E-state index contributed by atoms with van der Waals surface area (Å²) in [7, 11) is 3.36. The summed E-state index contributed by atoms with van der Waals surface area (Å²) in [5.74, 6) is 0.682. The van der Waals surface area contributed by atoms with Gasteiger partial charge in [-0.2, -0.15) is 5.10 Å². The van der Waals surface area contributed by atoms with Crippen LogP contribution in [0.3, 0.4) is 0 Å². The number of aromatic nitrogens is 4. The molecule has 2 aromatic heterocycles. The molecular formula is C19H21N5O3. The van der Waals surface area contributed by atoms with Crippen molar-refractivity contribution in [2.75, 3.05) is 13.7 Å². The van der Waals surface area contributed by atoms with Gasteiger partial charge in [-0.1, -0.05) is 12.1 Å². The number of nitrogens with zero attached hydrogens (tertiary/aromatic N) is 5. The molecule has 0 spiro atoms. The zero-order chi connectivity index (χ0) is 19.0. The summed E-state index contributed by atoms with van der Waals surface area (Å²) in [6, 6.07) is 7.79. The Morgan fingerprint density at radius 2 is 2.22 bits per heavy atom. The molecule has 1 amide bonds. The molecule has 140 valence electrons. The first-order valence-corrected chi connectivity index (χ1v) is 8.89. The number of carbonyl (C=O) groups is 1. The van der Waals surface area contributed by atoms with Crippen LogP contribution in [0.2, 0.25) is 0 Å². The van der Waals surface area contributed by atoms with E-state index in [1.807, 2.05) is 29.2 Å². The molecular weight excluding hydrogens is 346 g/mol. The lowest BCUT2D eigenvalue weighted by Gasteiger charge is -2.25. The van der Waals surface area contributed by atoms with Gasteiger partial charge >= 0.3 is 0 Å². The van der Waals surface area contributed by atoms with Crippen molar-refractivity contribution in [2.45, 2.75) is 25.4 Å². The minimum Gasteiger partial charge on any atom is -0.497 e. The molecule has 0 bridgehead atoms. The lowest BCUT2D eigenvalue weighted by molar-refractivity contribution is -0.132. The monoisotopic (exact) mass is 367 g/mol. The van der Waals surface area contributed by atoms with Gasteiger partial charge in [0.1, 0.15) is 24.0 Å². The summed E-state index contributed by atoms with van der Waals surface area (Å²) >= 11 is 0. The zero-order valence-corrected chi connectivity index (χ0v) is 15.3. The van der Waals surface area contributed by atoms with Gasteiger partial charge in [0.2, 0.25) is 5.91 Å². The molecule has 1 unspecified atom stereocenters. The van der Waals surface area contributed by atoms with Gasteiger partial charge in [-0.3, -0.25) is 18.8 Å². The van der Waals surface area contributed by atoms with Gasteiger partial charge in [0.25, 0.3) is 5.56 Å². The van der Waals surface area contributed by atoms with E-state index in [4.69, 9.17) is 4.74 Å². The molecule has 0 N–H and O–H groups in total. The van der Waals surface area contributed by atoms with Crippen LogP contribution in [0.4, 0.5) is 0 Å². The van der Waals surface area contributed by atoms with Crippen molar-refractivity contribution >= 4 is 16.9 Å². The van der Waals surface area contributed by atoms with E-state index in [0.29, 0.717) is 17.6 Å². The van der Waals surface area contributed by atoms with Crippen LogP contribution in [0, 0.1) is 0 Å². The normalized spacial score (nSPS) is 16.8. The molecule has 1 aromatic carbocycles. The molecule has 0 aliphatic carbocycles. The van der Waals surface area contributed by atoms with Gasteiger partial charge in [0.05, 0.1) is 19.3 Å². The summed E-state index contributed by atoms with van der Waals surface area (Å²) in [4.78, 5) is 31.6. The number of amides is 1. The second-order valence-corrected chi connectivity index (χ2v) is 6.70. The number of methoxy groups -OCH3 is 1. The molecule has 8 heteroatoms. The van der Waals surface area contributed by atoms with E-state index in [-0.39, 0.29) is 24.1 Å². The van der Waals surface area contributed by atoms with Crippen LogP contribution in [0.25, 0.3) is 11.0 Å². The van der Waals surface area contributed by atoms with Crippen LogP contribution in [-0.4, -0.2) is 43.8 Å². The van der Waals surface area contributed by atoms with E-state index in [1.165, 1.54) is 17.1 Å². The fourth-order valence-corrected chi connectivity index (χ4v) is 3.68. The fraction of sp³-hybridized carbons (Fsp3) is 0.368. The van der Waals surface area contributed by atoms with Crippen LogP contribution >= 0.6 is 0 Å². The number of hydrogen-bond acceptors (Lipinski definition) is 5. The molecule has 1 aliphatic rings. The average molecular weight is 367 g/mol. The third kappa shape index (κ3) is 3.07. The summed E-state index contributed by atoms with van der Waals surface area (Å²) in [6.07, 6.45) is 4.73. The smallest absolute Gasteiger partial charge is 0.264 e. The van der Waals surface area contributed by atoms with Gasteiger partial charge in [0.15, 0.2) is 5.65 Å². The van der Waals surface area contributed by atoms with E-state index in [0.717, 1.165) is 24.2 Å². The number of rotatable bonds is 4. The summed E-state index contributed by atoms with van der Waals surface area (Å²) in [5.41, 5.74) is 1.31. The van der Waals surface area contributed by atoms with Crippen LogP contribution < -0.4 is 10.3 Å². The maximum Gasteiger partial charge on any atom is 0.264 e. The minimum absolute atomic E-state index is 0.00150. The van der Waals surface area contributed by atoms with Crippen molar-refractivity contribution in [3.63, 3.8) is 0 Å². The van der Waals surface area contributed by atoms with Crippen molar-refractivity contribution < 1.29 is 9.53 Å². The van der Waals surface area contributed by atoms with Gasteiger partial charge < -0.3 is 9.64 Å². The van der Waals surface area contributed by atoms with Gasteiger partial charge in [-0.25, -0.2) is 4.98 Å². The van der Waals surface area contributed by atoms with Crippen LogP contribution in [0.5, 0.6) is 5.75 Å². The van der Waals surface area contributed by atoms with Gasteiger partial charge in [-0.05, 0) is 30.5 Å².